The number of carbonyl (C=O) groups excluding carboxylic acids is 1. The highest BCUT2D eigenvalue weighted by molar-refractivity contribution is 5.93. The molecule has 1 aromatic carbocycles. The van der Waals surface area contributed by atoms with E-state index in [0.717, 1.165) is 43.0 Å². The van der Waals surface area contributed by atoms with Crippen molar-refractivity contribution in [3.8, 4) is 11.1 Å². The Hall–Kier alpha value is -2.18. The fraction of sp³-hybridized carbons (Fsp3) is 0.524. The molecule has 1 aromatic heterocycles. The van der Waals surface area contributed by atoms with Crippen molar-refractivity contribution >= 4 is 5.91 Å². The smallest absolute Gasteiger partial charge is 0.248 e. The van der Waals surface area contributed by atoms with Crippen LogP contribution in [0.15, 0.2) is 36.7 Å². The van der Waals surface area contributed by atoms with Crippen LogP contribution in [0, 0.1) is 5.92 Å². The zero-order valence-corrected chi connectivity index (χ0v) is 15.8. The van der Waals surface area contributed by atoms with Crippen LogP contribution in [0.2, 0.25) is 0 Å². The number of nitrogens with zero attached hydrogens (tertiary/aromatic N) is 3. The van der Waals surface area contributed by atoms with E-state index < -0.39 is 5.91 Å². The van der Waals surface area contributed by atoms with Crippen LogP contribution in [0.25, 0.3) is 11.1 Å². The molecule has 3 heterocycles. The SMILES string of the molecule is NC(=O)c1ccc(-c2cnn(C3CCN(CC4CCNCC4)CC3)c2)cc1. The number of aromatic nitrogens is 2. The lowest BCUT2D eigenvalue weighted by Crippen LogP contribution is -2.40. The molecule has 2 aliphatic rings. The van der Waals surface area contributed by atoms with Crippen LogP contribution < -0.4 is 11.1 Å². The number of hydrogen-bond acceptors (Lipinski definition) is 4. The van der Waals surface area contributed by atoms with Gasteiger partial charge in [0.2, 0.25) is 5.91 Å². The molecule has 6 heteroatoms. The topological polar surface area (TPSA) is 76.2 Å². The van der Waals surface area contributed by atoms with Gasteiger partial charge in [-0.15, -0.1) is 0 Å². The third-order valence-electron chi connectivity index (χ3n) is 6.01. The minimum absolute atomic E-state index is 0.395. The molecule has 27 heavy (non-hydrogen) atoms. The van der Waals surface area contributed by atoms with Crippen molar-refractivity contribution in [2.75, 3.05) is 32.7 Å². The second-order valence-electron chi connectivity index (χ2n) is 7.88. The summed E-state index contributed by atoms with van der Waals surface area (Å²) in [6.07, 6.45) is 9.00. The molecule has 4 rings (SSSR count). The summed E-state index contributed by atoms with van der Waals surface area (Å²) in [7, 11) is 0. The van der Waals surface area contributed by atoms with E-state index >= 15 is 0 Å². The molecule has 0 radical (unpaired) electrons. The number of hydrogen-bond donors (Lipinski definition) is 2. The molecule has 144 valence electrons. The molecule has 0 aliphatic carbocycles. The average molecular weight is 367 g/mol. The fourth-order valence-electron chi connectivity index (χ4n) is 4.31. The first-order valence-electron chi connectivity index (χ1n) is 10.1. The summed E-state index contributed by atoms with van der Waals surface area (Å²) in [6.45, 7) is 5.94. The summed E-state index contributed by atoms with van der Waals surface area (Å²) in [6, 6.07) is 7.89. The van der Waals surface area contributed by atoms with Crippen LogP contribution in [0.3, 0.4) is 0 Å². The number of amides is 1. The van der Waals surface area contributed by atoms with Gasteiger partial charge >= 0.3 is 0 Å². The Morgan fingerprint density at radius 3 is 2.44 bits per heavy atom. The van der Waals surface area contributed by atoms with E-state index in [2.05, 4.69) is 26.2 Å². The van der Waals surface area contributed by atoms with Crippen molar-refractivity contribution < 1.29 is 4.79 Å². The largest absolute Gasteiger partial charge is 0.366 e. The van der Waals surface area contributed by atoms with Gasteiger partial charge < -0.3 is 16.0 Å². The maximum atomic E-state index is 11.2. The molecule has 2 fully saturated rings. The first-order valence-corrected chi connectivity index (χ1v) is 10.1. The van der Waals surface area contributed by atoms with Crippen molar-refractivity contribution in [1.82, 2.24) is 20.0 Å². The van der Waals surface area contributed by atoms with Crippen molar-refractivity contribution in [2.24, 2.45) is 11.7 Å². The van der Waals surface area contributed by atoms with Gasteiger partial charge in [0, 0.05) is 37.0 Å². The summed E-state index contributed by atoms with van der Waals surface area (Å²) < 4.78 is 2.12. The highest BCUT2D eigenvalue weighted by Gasteiger charge is 2.24. The standard InChI is InChI=1S/C21H29N5O/c22-21(27)18-3-1-17(2-4-18)19-13-24-26(15-19)20-7-11-25(12-8-20)14-16-5-9-23-10-6-16/h1-4,13,15-16,20,23H,5-12,14H2,(H2,22,27). The van der Waals surface area contributed by atoms with Gasteiger partial charge in [-0.2, -0.15) is 5.10 Å². The molecule has 1 amide bonds. The first kappa shape index (κ1) is 18.2. The van der Waals surface area contributed by atoms with Crippen molar-refractivity contribution in [3.63, 3.8) is 0 Å². The maximum Gasteiger partial charge on any atom is 0.248 e. The van der Waals surface area contributed by atoms with Crippen LogP contribution >= 0.6 is 0 Å². The average Bonchev–Trinajstić information content (AvgIpc) is 3.20. The maximum absolute atomic E-state index is 11.2. The van der Waals surface area contributed by atoms with E-state index in [9.17, 15) is 4.79 Å². The molecule has 3 N–H and O–H groups in total. The van der Waals surface area contributed by atoms with Crippen molar-refractivity contribution in [2.45, 2.75) is 31.7 Å². The molecule has 0 bridgehead atoms. The summed E-state index contributed by atoms with van der Waals surface area (Å²) in [4.78, 5) is 13.8. The van der Waals surface area contributed by atoms with Crippen LogP contribution in [-0.2, 0) is 0 Å². The Morgan fingerprint density at radius 1 is 1.07 bits per heavy atom. The summed E-state index contributed by atoms with van der Waals surface area (Å²) in [5.74, 6) is 0.468. The highest BCUT2D eigenvalue weighted by Crippen LogP contribution is 2.26. The van der Waals surface area contributed by atoms with Crippen LogP contribution in [0.4, 0.5) is 0 Å². The van der Waals surface area contributed by atoms with Crippen molar-refractivity contribution in [3.05, 3.63) is 42.2 Å². The Labute approximate surface area is 160 Å². The van der Waals surface area contributed by atoms with Gasteiger partial charge in [0.15, 0.2) is 0 Å². The Kier molecular flexibility index (Phi) is 5.55. The number of nitrogens with one attached hydrogen (secondary N) is 1. The molecular weight excluding hydrogens is 338 g/mol. The lowest BCUT2D eigenvalue weighted by atomic mass is 9.96. The van der Waals surface area contributed by atoms with Gasteiger partial charge in [0.1, 0.15) is 0 Å². The lowest BCUT2D eigenvalue weighted by Gasteiger charge is -2.35. The molecule has 6 nitrogen and oxygen atoms in total. The van der Waals surface area contributed by atoms with Gasteiger partial charge in [-0.1, -0.05) is 12.1 Å². The molecule has 0 atom stereocenters. The van der Waals surface area contributed by atoms with E-state index in [1.165, 1.54) is 32.5 Å². The molecule has 2 aromatic rings. The molecule has 2 saturated heterocycles. The van der Waals surface area contributed by atoms with E-state index in [4.69, 9.17) is 5.73 Å². The van der Waals surface area contributed by atoms with Gasteiger partial charge in [0.05, 0.1) is 12.2 Å². The monoisotopic (exact) mass is 367 g/mol. The number of rotatable bonds is 5. The normalized spacial score (nSPS) is 20.0. The van der Waals surface area contributed by atoms with Crippen LogP contribution in [0.5, 0.6) is 0 Å². The third-order valence-corrected chi connectivity index (χ3v) is 6.01. The van der Waals surface area contributed by atoms with E-state index in [-0.39, 0.29) is 0 Å². The van der Waals surface area contributed by atoms with Gasteiger partial charge in [-0.25, -0.2) is 0 Å². The number of likely N-dealkylation sites (tertiary alicyclic amines) is 1. The first-order chi connectivity index (χ1) is 13.2. The Morgan fingerprint density at radius 2 is 1.78 bits per heavy atom. The molecular formula is C21H29N5O. The minimum atomic E-state index is -0.395. The lowest BCUT2D eigenvalue weighted by molar-refractivity contribution is 0.100. The van der Waals surface area contributed by atoms with Crippen LogP contribution in [-0.4, -0.2) is 53.3 Å². The summed E-state index contributed by atoms with van der Waals surface area (Å²) in [5, 5.41) is 8.06. The third kappa shape index (κ3) is 4.39. The number of piperidine rings is 2. The van der Waals surface area contributed by atoms with E-state index in [0.29, 0.717) is 11.6 Å². The van der Waals surface area contributed by atoms with Crippen molar-refractivity contribution in [1.29, 1.82) is 0 Å². The number of carbonyl (C=O) groups is 1. The predicted octanol–water partition coefficient (Wildman–Crippen LogP) is 2.29. The zero-order chi connectivity index (χ0) is 18.6. The van der Waals surface area contributed by atoms with Crippen LogP contribution in [0.1, 0.15) is 42.1 Å². The van der Waals surface area contributed by atoms with Gasteiger partial charge in [-0.05, 0) is 62.4 Å². The molecule has 0 saturated carbocycles. The molecule has 2 aliphatic heterocycles. The summed E-state index contributed by atoms with van der Waals surface area (Å²) in [5.41, 5.74) is 8.00. The number of nitrogens with two attached hydrogens (primary N) is 1. The number of primary amides is 1. The van der Waals surface area contributed by atoms with Gasteiger partial charge in [-0.3, -0.25) is 9.48 Å². The second-order valence-corrected chi connectivity index (χ2v) is 7.88. The van der Waals surface area contributed by atoms with Gasteiger partial charge in [0.25, 0.3) is 0 Å². The molecule has 0 spiro atoms. The Balaban J connectivity index is 1.33. The quantitative estimate of drug-likeness (QED) is 0.850. The zero-order valence-electron chi connectivity index (χ0n) is 15.8. The number of benzene rings is 1. The van der Waals surface area contributed by atoms with E-state index in [1.54, 1.807) is 12.1 Å². The molecule has 0 unspecified atom stereocenters. The Bertz CT molecular complexity index is 755. The highest BCUT2D eigenvalue weighted by atomic mass is 16.1. The minimum Gasteiger partial charge on any atom is -0.366 e. The second kappa shape index (κ2) is 8.23. The van der Waals surface area contributed by atoms with E-state index in [1.807, 2.05) is 18.3 Å². The summed E-state index contributed by atoms with van der Waals surface area (Å²) >= 11 is 0. The predicted molar refractivity (Wildman–Crippen MR) is 106 cm³/mol. The fourth-order valence-corrected chi connectivity index (χ4v) is 4.31.